The van der Waals surface area contributed by atoms with Crippen LogP contribution in [0.5, 0.6) is 0 Å². The first-order valence-electron chi connectivity index (χ1n) is 13.8. The van der Waals surface area contributed by atoms with Crippen LogP contribution in [0.4, 0.5) is 0 Å². The van der Waals surface area contributed by atoms with E-state index >= 15 is 0 Å². The number of aryl methyl sites for hydroxylation is 4. The van der Waals surface area contributed by atoms with Gasteiger partial charge in [-0.05, 0) is 54.9 Å². The molecule has 0 fully saturated rings. The summed E-state index contributed by atoms with van der Waals surface area (Å²) in [6.07, 6.45) is 12.4. The van der Waals surface area contributed by atoms with Crippen molar-refractivity contribution in [1.29, 1.82) is 0 Å². The zero-order chi connectivity index (χ0) is 25.4. The second-order valence-electron chi connectivity index (χ2n) is 9.94. The highest BCUT2D eigenvalue weighted by Gasteiger charge is 2.28. The number of hydrogen-bond acceptors (Lipinski definition) is 1. The average Bonchev–Trinajstić information content (AvgIpc) is 3.14. The Hall–Kier alpha value is -2.68. The number of para-hydroxylation sites is 2. The van der Waals surface area contributed by atoms with E-state index in [1.54, 1.807) is 6.92 Å². The van der Waals surface area contributed by atoms with Crippen LogP contribution in [-0.2, 0) is 36.9 Å². The molecule has 3 heteroatoms. The maximum Gasteiger partial charge on any atom is 0.254 e. The second kappa shape index (κ2) is 12.9. The smallest absolute Gasteiger partial charge is 0.254 e. The minimum absolute atomic E-state index is 0.248. The molecule has 188 valence electrons. The molecule has 0 aliphatic rings. The van der Waals surface area contributed by atoms with Gasteiger partial charge in [-0.3, -0.25) is 0 Å². The zero-order valence-electron chi connectivity index (χ0n) is 22.9. The van der Waals surface area contributed by atoms with Gasteiger partial charge in [0.2, 0.25) is 0 Å². The zero-order valence-corrected chi connectivity index (χ0v) is 22.9. The molecule has 0 aliphatic carbocycles. The van der Waals surface area contributed by atoms with Crippen molar-refractivity contribution >= 4 is 5.78 Å². The number of carbonyl (C=O) groups is 1. The summed E-state index contributed by atoms with van der Waals surface area (Å²) in [5.74, 6) is 0.248. The third-order valence-corrected chi connectivity index (χ3v) is 6.98. The van der Waals surface area contributed by atoms with Crippen molar-refractivity contribution in [2.75, 3.05) is 0 Å². The van der Waals surface area contributed by atoms with E-state index in [2.05, 4.69) is 86.5 Å². The van der Waals surface area contributed by atoms with Gasteiger partial charge in [0.05, 0.1) is 0 Å². The lowest BCUT2D eigenvalue weighted by Gasteiger charge is -2.13. The number of ketones is 1. The Kier molecular flexibility index (Phi) is 9.89. The fraction of sp³-hybridized carbons (Fsp3) is 0.500. The summed E-state index contributed by atoms with van der Waals surface area (Å²) in [6, 6.07) is 13.6. The van der Waals surface area contributed by atoms with Crippen LogP contribution in [0, 0.1) is 6.92 Å². The monoisotopic (exact) mass is 473 g/mol. The molecule has 0 amide bonds. The summed E-state index contributed by atoms with van der Waals surface area (Å²) < 4.78 is 4.87. The number of imidazole rings is 1. The summed E-state index contributed by atoms with van der Waals surface area (Å²) in [5, 5.41) is 0. The Morgan fingerprint density at radius 3 is 1.66 bits per heavy atom. The molecule has 1 aromatic heterocycles. The van der Waals surface area contributed by atoms with Gasteiger partial charge in [0, 0.05) is 19.8 Å². The highest BCUT2D eigenvalue weighted by Crippen LogP contribution is 2.27. The Balaban J connectivity index is 2.34. The van der Waals surface area contributed by atoms with Gasteiger partial charge in [-0.1, -0.05) is 89.8 Å². The van der Waals surface area contributed by atoms with Crippen molar-refractivity contribution in [1.82, 2.24) is 4.57 Å². The molecule has 3 nitrogen and oxygen atoms in total. The van der Waals surface area contributed by atoms with E-state index in [4.69, 9.17) is 0 Å². The number of hydrogen-bond donors (Lipinski definition) is 0. The highest BCUT2D eigenvalue weighted by atomic mass is 16.1. The quantitative estimate of drug-likeness (QED) is 0.238. The largest absolute Gasteiger partial charge is 0.300 e. The molecule has 0 N–H and O–H groups in total. The van der Waals surface area contributed by atoms with Crippen LogP contribution in [-0.4, -0.2) is 10.4 Å². The number of Topliss-reactive ketones (excluding diaryl/α,β-unsaturated/α-hetero) is 1. The molecule has 1 heterocycles. The van der Waals surface area contributed by atoms with Gasteiger partial charge in [0.25, 0.3) is 6.33 Å². The Morgan fingerprint density at radius 1 is 0.743 bits per heavy atom. The second-order valence-corrected chi connectivity index (χ2v) is 9.94. The summed E-state index contributed by atoms with van der Waals surface area (Å²) in [5.41, 5.74) is 10.8. The summed E-state index contributed by atoms with van der Waals surface area (Å²) in [6.45, 7) is 13.0. The average molecular weight is 474 g/mol. The van der Waals surface area contributed by atoms with E-state index in [1.807, 2.05) is 0 Å². The van der Waals surface area contributed by atoms with E-state index in [1.165, 1.54) is 45.0 Å². The first-order valence-corrected chi connectivity index (χ1v) is 13.8. The molecule has 0 aliphatic heterocycles. The van der Waals surface area contributed by atoms with Crippen molar-refractivity contribution in [2.45, 2.75) is 106 Å². The predicted molar refractivity (Wildman–Crippen MR) is 147 cm³/mol. The summed E-state index contributed by atoms with van der Waals surface area (Å²) in [4.78, 5) is 12.1. The Labute approximate surface area is 213 Å². The number of benzene rings is 2. The molecule has 0 unspecified atom stereocenters. The standard InChI is InChI=1S/C32H45N2O/c1-7-13-26-17-11-18-27(14-8-2)31(26)33-23-34(30(25(33)6)22-21-24(5)35)32-28(15-9-3)19-12-20-29(32)16-10-4/h11-12,17-20,23H,7-10,13-16,21-22H2,1-6H3/q+1. The molecule has 0 saturated heterocycles. The minimum Gasteiger partial charge on any atom is -0.300 e. The molecule has 0 bridgehead atoms. The van der Waals surface area contributed by atoms with Gasteiger partial charge in [0.1, 0.15) is 22.9 Å². The van der Waals surface area contributed by atoms with Gasteiger partial charge in [0.15, 0.2) is 5.69 Å². The highest BCUT2D eigenvalue weighted by molar-refractivity contribution is 5.75. The number of aromatic nitrogens is 2. The van der Waals surface area contributed by atoms with Gasteiger partial charge >= 0.3 is 0 Å². The molecule has 0 atom stereocenters. The number of rotatable bonds is 13. The number of nitrogens with zero attached hydrogens (tertiary/aromatic N) is 2. The fourth-order valence-electron chi connectivity index (χ4n) is 5.39. The van der Waals surface area contributed by atoms with Gasteiger partial charge < -0.3 is 4.79 Å². The van der Waals surface area contributed by atoms with Crippen molar-refractivity contribution < 1.29 is 9.36 Å². The molecular formula is C32H45N2O+. The van der Waals surface area contributed by atoms with Crippen molar-refractivity contribution in [3.8, 4) is 11.4 Å². The number of carbonyl (C=O) groups excluding carboxylic acids is 1. The first kappa shape index (κ1) is 26.9. The first-order chi connectivity index (χ1) is 17.0. The van der Waals surface area contributed by atoms with Crippen LogP contribution in [0.3, 0.4) is 0 Å². The summed E-state index contributed by atoms with van der Waals surface area (Å²) >= 11 is 0. The van der Waals surface area contributed by atoms with Gasteiger partial charge in [-0.25, -0.2) is 0 Å². The molecule has 3 aromatic rings. The van der Waals surface area contributed by atoms with E-state index in [0.717, 1.165) is 57.8 Å². The van der Waals surface area contributed by atoms with Crippen LogP contribution in [0.1, 0.15) is 100 Å². The lowest BCUT2D eigenvalue weighted by atomic mass is 9.99. The lowest BCUT2D eigenvalue weighted by molar-refractivity contribution is -0.604. The van der Waals surface area contributed by atoms with Crippen molar-refractivity contribution in [3.63, 3.8) is 0 Å². The molecule has 0 radical (unpaired) electrons. The van der Waals surface area contributed by atoms with E-state index in [9.17, 15) is 4.79 Å². The van der Waals surface area contributed by atoms with Gasteiger partial charge in [-0.15, -0.1) is 0 Å². The third kappa shape index (κ3) is 6.12. The molecule has 3 rings (SSSR count). The normalized spacial score (nSPS) is 11.3. The van der Waals surface area contributed by atoms with Crippen molar-refractivity contribution in [3.05, 3.63) is 76.4 Å². The van der Waals surface area contributed by atoms with Crippen molar-refractivity contribution in [2.24, 2.45) is 0 Å². The molecule has 0 saturated carbocycles. The van der Waals surface area contributed by atoms with Crippen LogP contribution in [0.25, 0.3) is 11.4 Å². The molecule has 0 spiro atoms. The maximum absolute atomic E-state index is 12.1. The van der Waals surface area contributed by atoms with Crippen LogP contribution >= 0.6 is 0 Å². The summed E-state index contributed by atoms with van der Waals surface area (Å²) in [7, 11) is 0. The van der Waals surface area contributed by atoms with Crippen LogP contribution in [0.2, 0.25) is 0 Å². The maximum atomic E-state index is 12.1. The SMILES string of the molecule is CCCc1cccc(CCC)c1-n1c[n+](-c2c(CCC)cccc2CCC)c(CCC(C)=O)c1C. The van der Waals surface area contributed by atoms with Crippen LogP contribution < -0.4 is 4.57 Å². The fourth-order valence-corrected chi connectivity index (χ4v) is 5.39. The van der Waals surface area contributed by atoms with E-state index in [0.29, 0.717) is 6.42 Å². The van der Waals surface area contributed by atoms with Gasteiger partial charge in [-0.2, -0.15) is 9.13 Å². The minimum atomic E-state index is 0.248. The van der Waals surface area contributed by atoms with E-state index < -0.39 is 0 Å². The Bertz CT molecular complexity index is 1090. The molecule has 2 aromatic carbocycles. The van der Waals surface area contributed by atoms with E-state index in [-0.39, 0.29) is 5.78 Å². The topological polar surface area (TPSA) is 25.9 Å². The van der Waals surface area contributed by atoms with Crippen LogP contribution in [0.15, 0.2) is 42.7 Å². The molecular weight excluding hydrogens is 428 g/mol. The Morgan fingerprint density at radius 2 is 1.20 bits per heavy atom. The predicted octanol–water partition coefficient (Wildman–Crippen LogP) is 7.39. The lowest BCUT2D eigenvalue weighted by Crippen LogP contribution is -2.36. The third-order valence-electron chi connectivity index (χ3n) is 6.98. The molecule has 35 heavy (non-hydrogen) atoms.